The first kappa shape index (κ1) is 21.0. The lowest BCUT2D eigenvalue weighted by Crippen LogP contribution is -3.07. The summed E-state index contributed by atoms with van der Waals surface area (Å²) >= 11 is 5.62. The lowest BCUT2D eigenvalue weighted by Gasteiger charge is -2.13. The average Bonchev–Trinajstić information content (AvgIpc) is 2.96. The predicted molar refractivity (Wildman–Crippen MR) is 114 cm³/mol. The van der Waals surface area contributed by atoms with E-state index in [4.69, 9.17) is 17.0 Å². The lowest BCUT2D eigenvalue weighted by atomic mass is 10.2. The Morgan fingerprint density at radius 3 is 2.76 bits per heavy atom. The minimum absolute atomic E-state index is 0.224. The molecule has 0 fully saturated rings. The summed E-state index contributed by atoms with van der Waals surface area (Å²) in [7, 11) is 2.03. The van der Waals surface area contributed by atoms with Gasteiger partial charge in [0.25, 0.3) is 0 Å². The maximum Gasteiger partial charge on any atom is 0.203 e. The van der Waals surface area contributed by atoms with Crippen molar-refractivity contribution in [1.29, 1.82) is 0 Å². The third-order valence-electron chi connectivity index (χ3n) is 4.48. The van der Waals surface area contributed by atoms with Gasteiger partial charge in [-0.25, -0.2) is 4.39 Å². The summed E-state index contributed by atoms with van der Waals surface area (Å²) in [6, 6.07) is 14.6. The van der Waals surface area contributed by atoms with E-state index in [1.165, 1.54) is 6.07 Å². The lowest BCUT2D eigenvalue weighted by molar-refractivity contribution is -0.917. The topological polar surface area (TPSA) is 36.4 Å². The quantitative estimate of drug-likeness (QED) is 0.432. The number of hydrogen-bond acceptors (Lipinski definition) is 3. The van der Waals surface area contributed by atoms with Crippen LogP contribution in [0.2, 0.25) is 0 Å². The first-order valence-electron chi connectivity index (χ1n) is 9.49. The number of rotatable bonds is 9. The number of nitrogens with one attached hydrogen (secondary N) is 1. The number of aromatic nitrogens is 3. The molecule has 0 aliphatic carbocycles. The van der Waals surface area contributed by atoms with Crippen LogP contribution in [0.4, 0.5) is 4.39 Å². The molecule has 7 heteroatoms. The standard InChI is InChI=1S/C22H25FN4OS/c1-4-11-26-21(15-28-20-10-5-7-17(2)12-20)24-27(22(26)29)16-25(3)14-18-8-6-9-19(23)13-18/h4-10,12-13H,1,11,14-16H2,2-3H3/p+1. The van der Waals surface area contributed by atoms with Gasteiger partial charge in [-0.1, -0.05) is 30.3 Å². The summed E-state index contributed by atoms with van der Waals surface area (Å²) in [5.74, 6) is 1.32. The zero-order chi connectivity index (χ0) is 20.8. The van der Waals surface area contributed by atoms with Crippen molar-refractivity contribution in [3.63, 3.8) is 0 Å². The molecule has 0 saturated heterocycles. The van der Waals surface area contributed by atoms with Gasteiger partial charge in [0.2, 0.25) is 4.77 Å². The Labute approximate surface area is 175 Å². The monoisotopic (exact) mass is 413 g/mol. The predicted octanol–water partition coefficient (Wildman–Crippen LogP) is 3.30. The fourth-order valence-electron chi connectivity index (χ4n) is 3.17. The molecule has 0 aliphatic heterocycles. The Bertz CT molecular complexity index is 1040. The highest BCUT2D eigenvalue weighted by Crippen LogP contribution is 2.14. The van der Waals surface area contributed by atoms with E-state index in [0.717, 1.165) is 27.6 Å². The molecule has 29 heavy (non-hydrogen) atoms. The molecule has 0 radical (unpaired) electrons. The number of halogens is 1. The van der Waals surface area contributed by atoms with Crippen LogP contribution in [0.25, 0.3) is 0 Å². The van der Waals surface area contributed by atoms with Crippen LogP contribution in [0.1, 0.15) is 17.0 Å². The van der Waals surface area contributed by atoms with E-state index in [0.29, 0.717) is 31.1 Å². The molecule has 3 rings (SSSR count). The molecule has 0 saturated carbocycles. The van der Waals surface area contributed by atoms with Gasteiger partial charge in [-0.15, -0.1) is 11.7 Å². The van der Waals surface area contributed by atoms with Crippen LogP contribution in [0.15, 0.2) is 61.2 Å². The molecular weight excluding hydrogens is 387 g/mol. The van der Waals surface area contributed by atoms with Crippen molar-refractivity contribution in [2.24, 2.45) is 0 Å². The number of quaternary nitrogens is 1. The summed E-state index contributed by atoms with van der Waals surface area (Å²) < 4.78 is 23.7. The molecular formula is C22H26FN4OS+. The Morgan fingerprint density at radius 2 is 2.03 bits per heavy atom. The summed E-state index contributed by atoms with van der Waals surface area (Å²) in [6.45, 7) is 7.96. The molecule has 0 amide bonds. The van der Waals surface area contributed by atoms with E-state index in [9.17, 15) is 4.39 Å². The third-order valence-corrected chi connectivity index (χ3v) is 4.91. The largest absolute Gasteiger partial charge is 0.486 e. The van der Waals surface area contributed by atoms with Crippen LogP contribution >= 0.6 is 12.2 Å². The molecule has 0 spiro atoms. The van der Waals surface area contributed by atoms with Crippen molar-refractivity contribution in [3.8, 4) is 5.75 Å². The Hall–Kier alpha value is -2.77. The van der Waals surface area contributed by atoms with E-state index >= 15 is 0 Å². The molecule has 1 N–H and O–H groups in total. The highest BCUT2D eigenvalue weighted by molar-refractivity contribution is 7.71. The van der Waals surface area contributed by atoms with Crippen LogP contribution in [-0.4, -0.2) is 21.4 Å². The molecule has 1 heterocycles. The van der Waals surface area contributed by atoms with Crippen LogP contribution < -0.4 is 9.64 Å². The normalized spacial score (nSPS) is 12.0. The zero-order valence-electron chi connectivity index (χ0n) is 16.8. The first-order valence-corrected chi connectivity index (χ1v) is 9.89. The molecule has 2 aromatic carbocycles. The van der Waals surface area contributed by atoms with Gasteiger partial charge in [0.05, 0.1) is 7.05 Å². The second kappa shape index (κ2) is 9.62. The van der Waals surface area contributed by atoms with Gasteiger partial charge in [0.15, 0.2) is 12.5 Å². The Kier molecular flexibility index (Phi) is 6.95. The highest BCUT2D eigenvalue weighted by atomic mass is 32.1. The Balaban J connectivity index is 1.74. The zero-order valence-corrected chi connectivity index (χ0v) is 17.6. The summed E-state index contributed by atoms with van der Waals surface area (Å²) in [5, 5.41) is 4.67. The van der Waals surface area contributed by atoms with Crippen LogP contribution in [0, 0.1) is 17.5 Å². The van der Waals surface area contributed by atoms with Crippen molar-refractivity contribution in [2.75, 3.05) is 7.05 Å². The van der Waals surface area contributed by atoms with E-state index in [2.05, 4.69) is 11.7 Å². The molecule has 0 bridgehead atoms. The maximum atomic E-state index is 13.4. The number of ether oxygens (including phenoxy) is 1. The number of nitrogens with zero attached hydrogens (tertiary/aromatic N) is 3. The minimum Gasteiger partial charge on any atom is -0.486 e. The number of hydrogen-bond donors (Lipinski definition) is 1. The van der Waals surface area contributed by atoms with Gasteiger partial charge >= 0.3 is 0 Å². The van der Waals surface area contributed by atoms with E-state index in [-0.39, 0.29) is 5.82 Å². The van der Waals surface area contributed by atoms with E-state index in [1.807, 2.05) is 48.9 Å². The summed E-state index contributed by atoms with van der Waals surface area (Å²) in [6.07, 6.45) is 1.79. The number of benzene rings is 2. The van der Waals surface area contributed by atoms with Crippen LogP contribution in [0.3, 0.4) is 0 Å². The van der Waals surface area contributed by atoms with Gasteiger partial charge in [-0.3, -0.25) is 4.57 Å². The van der Waals surface area contributed by atoms with E-state index in [1.54, 1.807) is 22.9 Å². The Morgan fingerprint density at radius 1 is 1.24 bits per heavy atom. The van der Waals surface area contributed by atoms with Gasteiger partial charge in [0.1, 0.15) is 24.7 Å². The molecule has 1 aromatic heterocycles. The smallest absolute Gasteiger partial charge is 0.203 e. The molecule has 0 aliphatic rings. The summed E-state index contributed by atoms with van der Waals surface area (Å²) in [5.41, 5.74) is 2.07. The van der Waals surface area contributed by atoms with Crippen LogP contribution in [0.5, 0.6) is 5.75 Å². The minimum atomic E-state index is -0.224. The van der Waals surface area contributed by atoms with Gasteiger partial charge in [-0.05, 0) is 49.0 Å². The maximum absolute atomic E-state index is 13.4. The SMILES string of the molecule is C=CCn1c(COc2cccc(C)c2)nn(C[NH+](C)Cc2cccc(F)c2)c1=S. The molecule has 3 aromatic rings. The fraction of sp³-hybridized carbons (Fsp3) is 0.273. The van der Waals surface area contributed by atoms with Crippen molar-refractivity contribution in [1.82, 2.24) is 14.3 Å². The van der Waals surface area contributed by atoms with Gasteiger partial charge < -0.3 is 9.64 Å². The second-order valence-electron chi connectivity index (χ2n) is 7.12. The van der Waals surface area contributed by atoms with Crippen molar-refractivity contribution in [3.05, 3.63) is 88.7 Å². The summed E-state index contributed by atoms with van der Waals surface area (Å²) in [4.78, 5) is 1.14. The molecule has 1 atom stereocenters. The second-order valence-corrected chi connectivity index (χ2v) is 7.49. The van der Waals surface area contributed by atoms with Gasteiger partial charge in [-0.2, -0.15) is 4.68 Å². The van der Waals surface area contributed by atoms with Gasteiger partial charge in [0, 0.05) is 12.1 Å². The molecule has 152 valence electrons. The fourth-order valence-corrected chi connectivity index (χ4v) is 3.45. The molecule has 1 unspecified atom stereocenters. The number of aryl methyl sites for hydroxylation is 1. The molecule has 5 nitrogen and oxygen atoms in total. The van der Waals surface area contributed by atoms with E-state index < -0.39 is 0 Å². The number of allylic oxidation sites excluding steroid dienone is 1. The van der Waals surface area contributed by atoms with Crippen molar-refractivity contribution >= 4 is 12.2 Å². The third kappa shape index (κ3) is 5.62. The van der Waals surface area contributed by atoms with Crippen molar-refractivity contribution in [2.45, 2.75) is 33.3 Å². The van der Waals surface area contributed by atoms with Crippen LogP contribution in [-0.2, 0) is 26.4 Å². The first-order chi connectivity index (χ1) is 14.0. The van der Waals surface area contributed by atoms with Crippen molar-refractivity contribution < 1.29 is 14.0 Å². The highest BCUT2D eigenvalue weighted by Gasteiger charge is 2.14. The average molecular weight is 414 g/mol.